The van der Waals surface area contributed by atoms with Crippen LogP contribution in [0.4, 0.5) is 0 Å². The molecule has 2 saturated heterocycles. The largest absolute Gasteiger partial charge is 0.460 e. The van der Waals surface area contributed by atoms with Gasteiger partial charge in [0.2, 0.25) is 5.79 Å². The van der Waals surface area contributed by atoms with Crippen molar-refractivity contribution in [2.75, 3.05) is 27.9 Å². The van der Waals surface area contributed by atoms with Crippen molar-refractivity contribution in [2.45, 2.75) is 206 Å². The lowest BCUT2D eigenvalue weighted by atomic mass is 9.78. The normalized spacial score (nSPS) is 37.9. The minimum absolute atomic E-state index is 0.0146. The Morgan fingerprint density at radius 3 is 2.28 bits per heavy atom. The smallest absolute Gasteiger partial charge is 0.329 e. The van der Waals surface area contributed by atoms with Crippen molar-refractivity contribution in [3.05, 3.63) is 47.6 Å². The van der Waals surface area contributed by atoms with E-state index in [1.54, 1.807) is 41.1 Å². The van der Waals surface area contributed by atoms with E-state index in [4.69, 9.17) is 28.4 Å². The Balaban J connectivity index is 1.77. The Morgan fingerprint density at radius 2 is 1.61 bits per heavy atom. The summed E-state index contributed by atoms with van der Waals surface area (Å²) in [4.78, 5) is 86.3. The van der Waals surface area contributed by atoms with E-state index in [0.717, 1.165) is 12.0 Å². The zero-order valence-corrected chi connectivity index (χ0v) is 44.6. The van der Waals surface area contributed by atoms with Gasteiger partial charge in [-0.3, -0.25) is 24.0 Å². The number of amides is 1. The number of methoxy groups -OCH3 is 3. The summed E-state index contributed by atoms with van der Waals surface area (Å²) in [6, 6.07) is -1.16. The Labute approximate surface area is 423 Å². The van der Waals surface area contributed by atoms with Crippen LogP contribution in [0.25, 0.3) is 0 Å². The SMILES string of the molecule is CCCCC(=O)O[C@@H]1/C(C)=C/[C@@H](C)C(=O)C[C@@H]([C@H](C)C[C@@H]2CC[C@@H](O)[C@H](OC)C2)OC(=O)[C@@H]2CCCCN2C(=O)C(=O)[C@]2(O)O[C@@H](CC[C@H]2C)C[C@H](OC)/C(C)=C/C=C/C=C/[C@@H](C)C[C@@H](C)C(=O)[C@@H]1OC. The predicted octanol–water partition coefficient (Wildman–Crippen LogP) is 7.92. The van der Waals surface area contributed by atoms with Crippen molar-refractivity contribution in [3.63, 3.8) is 0 Å². The molecule has 15 heteroatoms. The van der Waals surface area contributed by atoms with Crippen molar-refractivity contribution < 1.29 is 67.4 Å². The second kappa shape index (κ2) is 28.6. The molecule has 71 heavy (non-hydrogen) atoms. The van der Waals surface area contributed by atoms with Crippen molar-refractivity contribution in [2.24, 2.45) is 35.5 Å². The molecule has 0 aromatic heterocycles. The lowest BCUT2D eigenvalue weighted by Gasteiger charge is -2.42. The number of nitrogens with zero attached hydrogens (tertiary/aromatic N) is 1. The third-order valence-electron chi connectivity index (χ3n) is 15.4. The first-order chi connectivity index (χ1) is 33.7. The van der Waals surface area contributed by atoms with Crippen LogP contribution in [0, 0.1) is 35.5 Å². The molecule has 0 radical (unpaired) electrons. The molecule has 2 bridgehead atoms. The average molecular weight is 998 g/mol. The third kappa shape index (κ3) is 16.6. The van der Waals surface area contributed by atoms with E-state index in [1.165, 1.54) is 12.0 Å². The highest BCUT2D eigenvalue weighted by atomic mass is 16.6. The number of allylic oxidation sites excluding steroid dienone is 6. The highest BCUT2D eigenvalue weighted by Gasteiger charge is 2.53. The molecule has 15 atom stereocenters. The van der Waals surface area contributed by atoms with Crippen LogP contribution in [-0.4, -0.2) is 133 Å². The van der Waals surface area contributed by atoms with Gasteiger partial charge in [0.25, 0.3) is 11.7 Å². The highest BCUT2D eigenvalue weighted by molar-refractivity contribution is 6.39. The summed E-state index contributed by atoms with van der Waals surface area (Å²) in [6.45, 7) is 14.8. The van der Waals surface area contributed by atoms with Gasteiger partial charge in [-0.1, -0.05) is 84.4 Å². The summed E-state index contributed by atoms with van der Waals surface area (Å²) in [6.07, 6.45) is 12.7. The zero-order valence-electron chi connectivity index (χ0n) is 44.6. The van der Waals surface area contributed by atoms with Gasteiger partial charge in [-0.05, 0) is 113 Å². The number of piperidine rings is 1. The molecule has 3 aliphatic heterocycles. The first-order valence-electron chi connectivity index (χ1n) is 26.4. The first-order valence-corrected chi connectivity index (χ1v) is 26.4. The maximum Gasteiger partial charge on any atom is 0.329 e. The molecule has 400 valence electrons. The van der Waals surface area contributed by atoms with Gasteiger partial charge >= 0.3 is 11.9 Å². The van der Waals surface area contributed by atoms with Crippen LogP contribution in [0.5, 0.6) is 0 Å². The van der Waals surface area contributed by atoms with Crippen LogP contribution in [0.2, 0.25) is 0 Å². The molecule has 2 N–H and O–H groups in total. The Morgan fingerprint density at radius 1 is 0.873 bits per heavy atom. The van der Waals surface area contributed by atoms with Crippen molar-refractivity contribution in [1.29, 1.82) is 0 Å². The molecule has 0 unspecified atom stereocenters. The molecular weight excluding hydrogens is 911 g/mol. The van der Waals surface area contributed by atoms with Crippen LogP contribution >= 0.6 is 0 Å². The second-order valence-electron chi connectivity index (χ2n) is 21.2. The number of esters is 2. The van der Waals surface area contributed by atoms with Gasteiger partial charge in [0.1, 0.15) is 17.9 Å². The number of aliphatic hydroxyl groups excluding tert-OH is 1. The minimum Gasteiger partial charge on any atom is -0.460 e. The number of ketones is 3. The monoisotopic (exact) mass is 998 g/mol. The fraction of sp³-hybridized carbons (Fsp3) is 0.750. The molecule has 1 amide bonds. The number of carbonyl (C=O) groups excluding carboxylic acids is 6. The number of hydrogen-bond acceptors (Lipinski definition) is 14. The number of unbranched alkanes of at least 4 members (excludes halogenated alkanes) is 1. The third-order valence-corrected chi connectivity index (χ3v) is 15.4. The fourth-order valence-electron chi connectivity index (χ4n) is 10.8. The van der Waals surface area contributed by atoms with Crippen LogP contribution in [0.1, 0.15) is 152 Å². The molecule has 0 aromatic rings. The summed E-state index contributed by atoms with van der Waals surface area (Å²) in [7, 11) is 4.55. The molecule has 1 saturated carbocycles. The number of ether oxygens (including phenoxy) is 6. The van der Waals surface area contributed by atoms with E-state index in [2.05, 4.69) is 0 Å². The number of cyclic esters (lactones) is 1. The number of fused-ring (bicyclic) bond motifs is 3. The van der Waals surface area contributed by atoms with Gasteiger partial charge in [-0.25, -0.2) is 4.79 Å². The number of rotatable bonds is 10. The van der Waals surface area contributed by atoms with E-state index in [-0.39, 0.29) is 61.2 Å². The maximum absolute atomic E-state index is 14.5. The number of aliphatic hydroxyl groups is 2. The van der Waals surface area contributed by atoms with E-state index in [1.807, 2.05) is 65.0 Å². The molecular formula is C56H87NO14. The summed E-state index contributed by atoms with van der Waals surface area (Å²) in [5, 5.41) is 22.6. The quantitative estimate of drug-likeness (QED) is 0.121. The second-order valence-corrected chi connectivity index (χ2v) is 21.2. The molecule has 4 rings (SSSR count). The molecule has 15 nitrogen and oxygen atoms in total. The fourth-order valence-corrected chi connectivity index (χ4v) is 10.8. The van der Waals surface area contributed by atoms with Gasteiger partial charge < -0.3 is 43.5 Å². The van der Waals surface area contributed by atoms with Gasteiger partial charge in [0.15, 0.2) is 18.0 Å². The summed E-state index contributed by atoms with van der Waals surface area (Å²) >= 11 is 0. The van der Waals surface area contributed by atoms with Crippen molar-refractivity contribution in [3.8, 4) is 0 Å². The van der Waals surface area contributed by atoms with Crippen molar-refractivity contribution >= 4 is 35.2 Å². The molecule has 4 aliphatic rings. The summed E-state index contributed by atoms with van der Waals surface area (Å²) in [5.41, 5.74) is 1.33. The molecule has 1 aliphatic carbocycles. The molecule has 0 spiro atoms. The average Bonchev–Trinajstić information content (AvgIpc) is 3.34. The van der Waals surface area contributed by atoms with Crippen LogP contribution in [0.3, 0.4) is 0 Å². The standard InChI is InChI=1S/C56H87NO14/c1-12-13-22-49(60)70-51-39(7)29-36(4)45(59)33-47(37(5)30-41-24-26-44(58)48(31-41)67-10)69-55(64)43-21-17-18-27-57(43)54(63)53(62)56(65)40(8)23-25-42(71-56)32-46(66-9)35(3)20-16-14-15-19-34(2)28-38(6)50(61)52(51)68-11/h14-16,19-20,29,34,36-38,40-44,46-48,51-52,58,65H,12-13,17-18,21-28,30-33H2,1-11H3/b16-14+,19-15+,35-20+,39-29+/t34-,36-,37-,38-,40-,41+,42+,43+,44-,46+,47+,48-,51-,52+,56-/m1/s1. The summed E-state index contributed by atoms with van der Waals surface area (Å²) < 4.78 is 35.8. The number of hydrogen-bond donors (Lipinski definition) is 2. The molecule has 0 aromatic carbocycles. The predicted molar refractivity (Wildman–Crippen MR) is 269 cm³/mol. The number of carbonyl (C=O) groups is 6. The highest BCUT2D eigenvalue weighted by Crippen LogP contribution is 2.38. The molecule has 3 fully saturated rings. The van der Waals surface area contributed by atoms with E-state index >= 15 is 0 Å². The van der Waals surface area contributed by atoms with Crippen LogP contribution < -0.4 is 0 Å². The lowest BCUT2D eigenvalue weighted by Crippen LogP contribution is -2.61. The van der Waals surface area contributed by atoms with Gasteiger partial charge in [-0.15, -0.1) is 0 Å². The minimum atomic E-state index is -2.44. The Hall–Kier alpha value is -3.86. The first kappa shape index (κ1) is 59.7. The topological polar surface area (TPSA) is 201 Å². The van der Waals surface area contributed by atoms with Crippen LogP contribution in [-0.2, 0) is 57.2 Å². The zero-order chi connectivity index (χ0) is 52.6. The van der Waals surface area contributed by atoms with E-state index in [0.29, 0.717) is 76.2 Å². The Kier molecular flexibility index (Phi) is 24.0. The van der Waals surface area contributed by atoms with E-state index in [9.17, 15) is 39.0 Å². The summed E-state index contributed by atoms with van der Waals surface area (Å²) in [5.74, 6) is -8.65. The Bertz CT molecular complexity index is 1920. The maximum atomic E-state index is 14.5. The van der Waals surface area contributed by atoms with Crippen molar-refractivity contribution in [1.82, 2.24) is 4.90 Å². The van der Waals surface area contributed by atoms with Gasteiger partial charge in [0, 0.05) is 64.9 Å². The molecule has 3 heterocycles. The van der Waals surface area contributed by atoms with Gasteiger partial charge in [-0.2, -0.15) is 0 Å². The van der Waals surface area contributed by atoms with E-state index < -0.39 is 89.8 Å². The lowest BCUT2D eigenvalue weighted by molar-refractivity contribution is -0.265. The van der Waals surface area contributed by atoms with Gasteiger partial charge in [0.05, 0.1) is 24.4 Å². The number of Topliss-reactive ketones (excluding diaryl/α,β-unsaturated/α-hetero) is 3. The van der Waals surface area contributed by atoms with Crippen LogP contribution in [0.15, 0.2) is 47.6 Å².